The molecule has 0 aromatic heterocycles. The Hall–Kier alpha value is -2.02. The zero-order chi connectivity index (χ0) is 34.5. The minimum Gasteiger partial charge on any atom is -0.843 e. The van der Waals surface area contributed by atoms with E-state index in [0.717, 1.165) is 56.1 Å². The van der Waals surface area contributed by atoms with Gasteiger partial charge in [0.15, 0.2) is 0 Å². The maximum atomic E-state index is 14.5. The molecule has 9 nitrogen and oxygen atoms in total. The first-order chi connectivity index (χ1) is 22.9. The lowest BCUT2D eigenvalue weighted by atomic mass is 9.67. The molecule has 3 fully saturated rings. The minimum absolute atomic E-state index is 0.0490. The molecule has 6 rings (SSSR count). The van der Waals surface area contributed by atoms with E-state index in [-0.39, 0.29) is 5.75 Å². The van der Waals surface area contributed by atoms with Crippen molar-refractivity contribution in [3.63, 3.8) is 0 Å². The van der Waals surface area contributed by atoms with E-state index >= 15 is 0 Å². The van der Waals surface area contributed by atoms with Gasteiger partial charge in [-0.2, -0.15) is 8.42 Å². The van der Waals surface area contributed by atoms with Crippen LogP contribution in [0.25, 0.3) is 0 Å². The average molecular weight is 704 g/mol. The molecule has 4 aliphatic heterocycles. The third-order valence-electron chi connectivity index (χ3n) is 11.0. The Morgan fingerprint density at radius 3 is 2.17 bits per heavy atom. The largest absolute Gasteiger partial charge is 0.843 e. The Labute approximate surface area is 293 Å². The van der Waals surface area contributed by atoms with E-state index in [0.29, 0.717) is 35.6 Å². The van der Waals surface area contributed by atoms with Gasteiger partial charge in [-0.3, -0.25) is 9.08 Å². The molecule has 2 bridgehead atoms. The van der Waals surface area contributed by atoms with Gasteiger partial charge < -0.3 is 24.3 Å². The molecule has 0 aliphatic carbocycles. The number of unbranched alkanes of at least 4 members (excludes halogenated alkanes) is 3. The summed E-state index contributed by atoms with van der Waals surface area (Å²) in [4.78, 5) is 5.08. The highest BCUT2D eigenvalue weighted by atomic mass is 32.2. The van der Waals surface area contributed by atoms with Gasteiger partial charge in [0, 0.05) is 50.1 Å². The Bertz CT molecular complexity index is 1440. The summed E-state index contributed by atoms with van der Waals surface area (Å²) in [6.07, 6.45) is 6.56. The summed E-state index contributed by atoms with van der Waals surface area (Å²) >= 11 is 1.20. The van der Waals surface area contributed by atoms with Crippen molar-refractivity contribution in [3.8, 4) is 11.5 Å². The summed E-state index contributed by atoms with van der Waals surface area (Å²) in [6.45, 7) is 13.5. The number of piperazine rings is 3. The van der Waals surface area contributed by atoms with Crippen LogP contribution < -0.4 is 14.7 Å². The minimum atomic E-state index is -3.97. The SMILES string of the molecule is CCCCC1(CCCC)C([O-])Sc2ccc(N(C)C)c(O)c2[C@@H](c2ccc(OCCCC[N+]34CCN(CC3)CC4)cc2)[C@H]1OS(C)(=O)=O. The highest BCUT2D eigenvalue weighted by Crippen LogP contribution is 2.58. The topological polar surface area (TPSA) is 102 Å². The van der Waals surface area contributed by atoms with Crippen LogP contribution in [0.4, 0.5) is 5.69 Å². The second kappa shape index (κ2) is 15.9. The molecule has 1 unspecified atom stereocenters. The molecule has 0 saturated carbocycles. The summed E-state index contributed by atoms with van der Waals surface area (Å²) in [5, 5.41) is 26.4. The number of aromatic hydroxyl groups is 1. The van der Waals surface area contributed by atoms with Crippen molar-refractivity contribution in [1.29, 1.82) is 0 Å². The molecule has 0 radical (unpaired) electrons. The van der Waals surface area contributed by atoms with Gasteiger partial charge in [-0.25, -0.2) is 0 Å². The zero-order valence-electron chi connectivity index (χ0n) is 29.7. The molecular formula is C37H57N3O6S2. The number of rotatable bonds is 16. The van der Waals surface area contributed by atoms with E-state index < -0.39 is 33.0 Å². The lowest BCUT2D eigenvalue weighted by Crippen LogP contribution is -2.67. The number of phenols is 1. The van der Waals surface area contributed by atoms with Gasteiger partial charge in [0.2, 0.25) is 0 Å². The number of quaternary nitrogens is 1. The highest BCUT2D eigenvalue weighted by molar-refractivity contribution is 7.99. The molecule has 0 spiro atoms. The van der Waals surface area contributed by atoms with E-state index in [4.69, 9.17) is 8.92 Å². The van der Waals surface area contributed by atoms with Crippen LogP contribution in [0.3, 0.4) is 0 Å². The van der Waals surface area contributed by atoms with Crippen molar-refractivity contribution >= 4 is 27.6 Å². The standard InChI is InChI=1S/C37H57N3O6S2/c1-6-8-18-37(19-9-7-2)35(46-48(5,43)44)32(33-31(47-36(37)42)17-16-30(34(33)41)38(3)4)28-12-14-29(15-13-28)45-27-11-10-23-40-24-20-39(21-25-40)22-26-40/h12-17,32,35-36,41H,6-11,18-27H2,1-5H3/t32-,35-,36?/m1/s1. The lowest BCUT2D eigenvalue weighted by Gasteiger charge is -2.50. The average Bonchev–Trinajstić information content (AvgIpc) is 3.15. The van der Waals surface area contributed by atoms with Crippen molar-refractivity contribution in [2.45, 2.75) is 87.6 Å². The van der Waals surface area contributed by atoms with Crippen LogP contribution in [0.5, 0.6) is 11.5 Å². The number of thioether (sulfide) groups is 1. The number of nitrogens with zero attached hydrogens (tertiary/aromatic N) is 3. The van der Waals surface area contributed by atoms with E-state index in [1.54, 1.807) is 0 Å². The highest BCUT2D eigenvalue weighted by Gasteiger charge is 2.51. The van der Waals surface area contributed by atoms with Crippen LogP contribution in [-0.4, -0.2) is 107 Å². The number of fused-ring (bicyclic) bond motifs is 4. The van der Waals surface area contributed by atoms with Crippen molar-refractivity contribution in [1.82, 2.24) is 4.90 Å². The fourth-order valence-corrected chi connectivity index (χ4v) is 10.1. The summed E-state index contributed by atoms with van der Waals surface area (Å²) < 4.78 is 39.7. The van der Waals surface area contributed by atoms with Crippen molar-refractivity contribution < 1.29 is 32.0 Å². The van der Waals surface area contributed by atoms with Crippen molar-refractivity contribution in [2.24, 2.45) is 5.41 Å². The van der Waals surface area contributed by atoms with E-state index in [2.05, 4.69) is 18.7 Å². The van der Waals surface area contributed by atoms with Crippen LogP contribution in [0.2, 0.25) is 0 Å². The maximum absolute atomic E-state index is 14.5. The number of hydrogen-bond donors (Lipinski definition) is 1. The molecule has 1 N–H and O–H groups in total. The molecule has 268 valence electrons. The normalized spacial score (nSPS) is 26.5. The van der Waals surface area contributed by atoms with E-state index in [1.807, 2.05) is 55.4 Å². The summed E-state index contributed by atoms with van der Waals surface area (Å²) in [5.74, 6) is 0.105. The van der Waals surface area contributed by atoms with Gasteiger partial charge in [0.25, 0.3) is 10.1 Å². The van der Waals surface area contributed by atoms with Gasteiger partial charge in [-0.05, 0) is 60.9 Å². The fourth-order valence-electron chi connectivity index (χ4n) is 8.11. The first-order valence-corrected chi connectivity index (χ1v) is 20.7. The van der Waals surface area contributed by atoms with Crippen LogP contribution in [0, 0.1) is 5.41 Å². The molecule has 4 heterocycles. The van der Waals surface area contributed by atoms with Crippen molar-refractivity contribution in [2.75, 3.05) is 77.7 Å². The molecule has 3 saturated heterocycles. The van der Waals surface area contributed by atoms with Crippen LogP contribution in [0.1, 0.15) is 82.3 Å². The molecule has 3 atom stereocenters. The Morgan fingerprint density at radius 2 is 1.60 bits per heavy atom. The lowest BCUT2D eigenvalue weighted by molar-refractivity contribution is -0.941. The third-order valence-corrected chi connectivity index (χ3v) is 12.8. The molecule has 0 amide bonds. The van der Waals surface area contributed by atoms with Gasteiger partial charge in [0.05, 0.1) is 50.8 Å². The van der Waals surface area contributed by atoms with Crippen LogP contribution >= 0.6 is 11.8 Å². The maximum Gasteiger partial charge on any atom is 0.264 e. The van der Waals surface area contributed by atoms with Gasteiger partial charge >= 0.3 is 0 Å². The number of benzene rings is 2. The molecule has 48 heavy (non-hydrogen) atoms. The number of hydrogen-bond acceptors (Lipinski definition) is 9. The first kappa shape index (κ1) is 37.2. The molecule has 2 aromatic carbocycles. The van der Waals surface area contributed by atoms with Crippen molar-refractivity contribution in [3.05, 3.63) is 47.5 Å². The van der Waals surface area contributed by atoms with Gasteiger partial charge in [0.1, 0.15) is 11.5 Å². The van der Waals surface area contributed by atoms with Gasteiger partial charge in [-0.15, -0.1) is 11.8 Å². The molecule has 2 aromatic rings. The zero-order valence-corrected chi connectivity index (χ0v) is 31.3. The van der Waals surface area contributed by atoms with Gasteiger partial charge in [-0.1, -0.05) is 57.1 Å². The quantitative estimate of drug-likeness (QED) is 0.140. The van der Waals surface area contributed by atoms with E-state index in [9.17, 15) is 18.6 Å². The fraction of sp³-hybridized carbons (Fsp3) is 0.676. The number of phenolic OH excluding ortho intramolecular Hbond substituents is 1. The summed E-state index contributed by atoms with van der Waals surface area (Å²) in [6, 6.07) is 11.5. The van der Waals surface area contributed by atoms with Crippen LogP contribution in [0.15, 0.2) is 41.3 Å². The number of anilines is 1. The first-order valence-electron chi connectivity index (χ1n) is 18.0. The van der Waals surface area contributed by atoms with Crippen LogP contribution in [-0.2, 0) is 14.3 Å². The Morgan fingerprint density at radius 1 is 0.979 bits per heavy atom. The Kier molecular flexibility index (Phi) is 12.3. The molecule has 11 heteroatoms. The number of ether oxygens (including phenoxy) is 1. The monoisotopic (exact) mass is 703 g/mol. The second-order valence-corrected chi connectivity index (χ2v) is 17.2. The predicted molar refractivity (Wildman–Crippen MR) is 192 cm³/mol. The smallest absolute Gasteiger partial charge is 0.264 e. The summed E-state index contributed by atoms with van der Waals surface area (Å²) in [7, 11) is -0.258. The van der Waals surface area contributed by atoms with E-state index in [1.165, 1.54) is 62.1 Å². The Balaban J connectivity index is 1.47. The molecule has 4 aliphatic rings. The predicted octanol–water partition coefficient (Wildman–Crippen LogP) is 5.40. The molecular weight excluding hydrogens is 647 g/mol. The third kappa shape index (κ3) is 8.29. The summed E-state index contributed by atoms with van der Waals surface area (Å²) in [5.41, 5.74) is -0.231. The second-order valence-electron chi connectivity index (χ2n) is 14.5.